The highest BCUT2D eigenvalue weighted by Crippen LogP contribution is 2.19. The number of benzene rings is 2. The molecule has 3 aromatic rings. The second-order valence-corrected chi connectivity index (χ2v) is 8.84. The van der Waals surface area contributed by atoms with Crippen molar-refractivity contribution < 1.29 is 18.0 Å². The lowest BCUT2D eigenvalue weighted by molar-refractivity contribution is -0.116. The summed E-state index contributed by atoms with van der Waals surface area (Å²) in [5, 5.41) is 10.8. The van der Waals surface area contributed by atoms with Crippen molar-refractivity contribution in [3.63, 3.8) is 0 Å². The zero-order chi connectivity index (χ0) is 21.2. The van der Waals surface area contributed by atoms with Crippen LogP contribution in [0.4, 0.5) is 5.69 Å². The zero-order valence-corrected chi connectivity index (χ0v) is 17.1. The summed E-state index contributed by atoms with van der Waals surface area (Å²) in [5.74, 6) is -0.313. The largest absolute Gasteiger partial charge is 0.326 e. The van der Waals surface area contributed by atoms with Gasteiger partial charge in [0.15, 0.2) is 5.78 Å². The fourth-order valence-electron chi connectivity index (χ4n) is 2.74. The third-order valence-electron chi connectivity index (χ3n) is 4.37. The lowest BCUT2D eigenvalue weighted by atomic mass is 10.1. The number of carbonyl (C=O) groups excluding carboxylic acids is 2. The van der Waals surface area contributed by atoms with Crippen molar-refractivity contribution in [2.24, 2.45) is 0 Å². The zero-order valence-electron chi connectivity index (χ0n) is 16.3. The van der Waals surface area contributed by atoms with Crippen LogP contribution in [-0.2, 0) is 21.4 Å². The number of amides is 1. The van der Waals surface area contributed by atoms with Crippen LogP contribution in [0.5, 0.6) is 0 Å². The molecular formula is C19H21N5O4S. The molecule has 0 spiro atoms. The number of Topliss-reactive ketones (excluding diaryl/α,β-unsaturated/α-hetero) is 1. The molecule has 0 aliphatic rings. The molecule has 0 bridgehead atoms. The van der Waals surface area contributed by atoms with E-state index >= 15 is 0 Å². The molecule has 0 radical (unpaired) electrons. The number of fused-ring (bicyclic) bond motifs is 1. The van der Waals surface area contributed by atoms with Gasteiger partial charge in [-0.25, -0.2) is 17.4 Å². The number of rotatable bonds is 7. The van der Waals surface area contributed by atoms with Gasteiger partial charge in [0.05, 0.1) is 17.0 Å². The molecule has 1 aromatic heterocycles. The minimum absolute atomic E-state index is 0.0779. The maximum absolute atomic E-state index is 12.2. The Morgan fingerprint density at radius 2 is 1.90 bits per heavy atom. The van der Waals surface area contributed by atoms with Crippen molar-refractivity contribution in [2.75, 3.05) is 19.4 Å². The quantitative estimate of drug-likeness (QED) is 0.590. The van der Waals surface area contributed by atoms with E-state index in [1.165, 1.54) is 33.2 Å². The van der Waals surface area contributed by atoms with E-state index in [0.717, 1.165) is 4.31 Å². The predicted octanol–water partition coefficient (Wildman–Crippen LogP) is 1.91. The number of ketones is 1. The number of sulfonamides is 1. The van der Waals surface area contributed by atoms with Gasteiger partial charge in [0.25, 0.3) is 0 Å². The monoisotopic (exact) mass is 415 g/mol. The maximum Gasteiger partial charge on any atom is 0.242 e. The van der Waals surface area contributed by atoms with Crippen LogP contribution in [0.1, 0.15) is 23.7 Å². The van der Waals surface area contributed by atoms with Crippen LogP contribution in [0, 0.1) is 0 Å². The molecule has 152 valence electrons. The van der Waals surface area contributed by atoms with Gasteiger partial charge in [-0.1, -0.05) is 17.3 Å². The third kappa shape index (κ3) is 4.49. The van der Waals surface area contributed by atoms with Crippen LogP contribution < -0.4 is 5.32 Å². The summed E-state index contributed by atoms with van der Waals surface area (Å²) in [6.45, 7) is 1.74. The molecule has 1 N–H and O–H groups in total. The Balaban J connectivity index is 1.70. The van der Waals surface area contributed by atoms with E-state index in [-0.39, 0.29) is 29.6 Å². The Kier molecular flexibility index (Phi) is 5.76. The van der Waals surface area contributed by atoms with Gasteiger partial charge in [-0.3, -0.25) is 9.59 Å². The fraction of sp³-hybridized carbons (Fsp3) is 0.263. The van der Waals surface area contributed by atoms with Crippen molar-refractivity contribution in [2.45, 2.75) is 24.8 Å². The molecule has 10 heteroatoms. The molecule has 0 aliphatic carbocycles. The minimum atomic E-state index is -3.56. The van der Waals surface area contributed by atoms with Crippen LogP contribution in [-0.4, -0.2) is 53.5 Å². The Bertz CT molecular complexity index is 1180. The smallest absolute Gasteiger partial charge is 0.242 e. The first-order valence-electron chi connectivity index (χ1n) is 8.85. The number of aryl methyl sites for hydroxylation is 1. The van der Waals surface area contributed by atoms with E-state index in [4.69, 9.17) is 0 Å². The Morgan fingerprint density at radius 3 is 2.59 bits per heavy atom. The number of hydrogen-bond acceptors (Lipinski definition) is 6. The highest BCUT2D eigenvalue weighted by Gasteiger charge is 2.19. The van der Waals surface area contributed by atoms with Gasteiger partial charge in [-0.05, 0) is 37.3 Å². The van der Waals surface area contributed by atoms with Crippen molar-refractivity contribution in [3.05, 3.63) is 48.0 Å². The summed E-state index contributed by atoms with van der Waals surface area (Å²) < 4.78 is 27.1. The summed E-state index contributed by atoms with van der Waals surface area (Å²) in [4.78, 5) is 23.8. The van der Waals surface area contributed by atoms with Crippen LogP contribution in [0.3, 0.4) is 0 Å². The van der Waals surface area contributed by atoms with Crippen LogP contribution >= 0.6 is 0 Å². The van der Waals surface area contributed by atoms with Crippen molar-refractivity contribution in [3.8, 4) is 0 Å². The lowest BCUT2D eigenvalue weighted by Crippen LogP contribution is -2.22. The minimum Gasteiger partial charge on any atom is -0.326 e. The molecule has 2 aromatic carbocycles. The van der Waals surface area contributed by atoms with E-state index in [1.807, 2.05) is 0 Å². The molecule has 1 heterocycles. The number of carbonyl (C=O) groups is 2. The van der Waals surface area contributed by atoms with Gasteiger partial charge in [0.1, 0.15) is 5.52 Å². The normalized spacial score (nSPS) is 11.7. The van der Waals surface area contributed by atoms with Gasteiger partial charge in [0.2, 0.25) is 15.9 Å². The van der Waals surface area contributed by atoms with Crippen LogP contribution in [0.15, 0.2) is 47.4 Å². The Morgan fingerprint density at radius 1 is 1.14 bits per heavy atom. The SMILES string of the molecule is CC(=O)c1cccc(NC(=O)CCn2nnc3cc(S(=O)(=O)N(C)C)ccc32)c1. The second kappa shape index (κ2) is 8.10. The van der Waals surface area contributed by atoms with E-state index in [2.05, 4.69) is 15.6 Å². The van der Waals surface area contributed by atoms with Gasteiger partial charge in [-0.15, -0.1) is 5.10 Å². The van der Waals surface area contributed by atoms with Gasteiger partial charge in [0, 0.05) is 31.8 Å². The molecule has 0 aliphatic heterocycles. The summed E-state index contributed by atoms with van der Waals surface area (Å²) in [6, 6.07) is 11.3. The molecule has 0 unspecified atom stereocenters. The number of nitrogens with zero attached hydrogens (tertiary/aromatic N) is 4. The fourth-order valence-corrected chi connectivity index (χ4v) is 3.66. The molecule has 3 rings (SSSR count). The van der Waals surface area contributed by atoms with Gasteiger partial charge in [-0.2, -0.15) is 0 Å². The molecule has 0 fully saturated rings. The van der Waals surface area contributed by atoms with E-state index in [9.17, 15) is 18.0 Å². The number of anilines is 1. The molecule has 0 atom stereocenters. The van der Waals surface area contributed by atoms with Gasteiger partial charge >= 0.3 is 0 Å². The highest BCUT2D eigenvalue weighted by atomic mass is 32.2. The Labute approximate surface area is 168 Å². The summed E-state index contributed by atoms with van der Waals surface area (Å²) >= 11 is 0. The summed E-state index contributed by atoms with van der Waals surface area (Å²) in [7, 11) is -0.642. The lowest BCUT2D eigenvalue weighted by Gasteiger charge is -2.11. The maximum atomic E-state index is 12.2. The van der Waals surface area contributed by atoms with Crippen LogP contribution in [0.2, 0.25) is 0 Å². The molecule has 0 saturated carbocycles. The van der Waals surface area contributed by atoms with E-state index in [0.29, 0.717) is 22.3 Å². The van der Waals surface area contributed by atoms with Crippen molar-refractivity contribution >= 4 is 38.4 Å². The molecule has 29 heavy (non-hydrogen) atoms. The third-order valence-corrected chi connectivity index (χ3v) is 6.18. The first-order chi connectivity index (χ1) is 13.7. The average molecular weight is 415 g/mol. The number of nitrogens with one attached hydrogen (secondary N) is 1. The highest BCUT2D eigenvalue weighted by molar-refractivity contribution is 7.89. The summed E-state index contributed by atoms with van der Waals surface area (Å²) in [6.07, 6.45) is 0.139. The molecule has 0 saturated heterocycles. The van der Waals surface area contributed by atoms with Crippen molar-refractivity contribution in [1.29, 1.82) is 0 Å². The average Bonchev–Trinajstić information content (AvgIpc) is 3.08. The van der Waals surface area contributed by atoms with Crippen LogP contribution in [0.25, 0.3) is 11.0 Å². The molecular weight excluding hydrogens is 394 g/mol. The standard InChI is InChI=1S/C19H21N5O4S/c1-13(25)14-5-4-6-15(11-14)20-19(26)9-10-24-18-8-7-16(12-17(18)21-22-24)29(27,28)23(2)3/h4-8,11-12H,9-10H2,1-3H3,(H,20,26). The van der Waals surface area contributed by atoms with E-state index in [1.54, 1.807) is 35.0 Å². The van der Waals surface area contributed by atoms with Gasteiger partial charge < -0.3 is 5.32 Å². The summed E-state index contributed by atoms with van der Waals surface area (Å²) in [5.41, 5.74) is 2.13. The number of aromatic nitrogens is 3. The topological polar surface area (TPSA) is 114 Å². The van der Waals surface area contributed by atoms with Crippen molar-refractivity contribution in [1.82, 2.24) is 19.3 Å². The predicted molar refractivity (Wildman–Crippen MR) is 108 cm³/mol. The first kappa shape index (κ1) is 20.6. The number of hydrogen-bond donors (Lipinski definition) is 1. The molecule has 9 nitrogen and oxygen atoms in total. The Hall–Kier alpha value is -3.11. The first-order valence-corrected chi connectivity index (χ1v) is 10.3. The molecule has 1 amide bonds. The van der Waals surface area contributed by atoms with E-state index < -0.39 is 10.0 Å². The second-order valence-electron chi connectivity index (χ2n) is 6.69.